The van der Waals surface area contributed by atoms with Crippen LogP contribution in [-0.2, 0) is 4.52 Å². The fourth-order valence-corrected chi connectivity index (χ4v) is 1.54. The summed E-state index contributed by atoms with van der Waals surface area (Å²) in [6, 6.07) is 0. The smallest absolute Gasteiger partial charge is 0.201 e. The van der Waals surface area contributed by atoms with Gasteiger partial charge in [0.1, 0.15) is 17.8 Å². The first-order valence-electron chi connectivity index (χ1n) is 1.79. The van der Waals surface area contributed by atoms with Crippen molar-refractivity contribution < 1.29 is 4.52 Å². The van der Waals surface area contributed by atoms with E-state index in [1.54, 1.807) is 0 Å². The fourth-order valence-electron chi connectivity index (χ4n) is 0.341. The van der Waals surface area contributed by atoms with Crippen LogP contribution in [0.15, 0.2) is 0 Å². The van der Waals surface area contributed by atoms with Gasteiger partial charge in [0, 0.05) is 0 Å². The lowest BCUT2D eigenvalue weighted by Crippen LogP contribution is -1.96. The number of hydrogen-bond acceptors (Lipinski definition) is 2. The third-order valence-electron chi connectivity index (χ3n) is 0.595. The molecule has 0 amide bonds. The van der Waals surface area contributed by atoms with Crippen molar-refractivity contribution in [3.63, 3.8) is 0 Å². The molecule has 1 atom stereocenters. The van der Waals surface area contributed by atoms with Gasteiger partial charge in [-0.2, -0.15) is 5.09 Å². The summed E-state index contributed by atoms with van der Waals surface area (Å²) < 4.78 is 4.91. The average Bonchev–Trinajstić information content (AvgIpc) is 1.86. The second kappa shape index (κ2) is 2.08. The van der Waals surface area contributed by atoms with E-state index < -0.39 is 7.65 Å². The molecular weight excluding hydrogens is 120 g/mol. The molecule has 0 saturated carbocycles. The predicted octanol–water partition coefficient (Wildman–Crippen LogP) is 0.804. The van der Waals surface area contributed by atoms with Crippen molar-refractivity contribution in [3.8, 4) is 0 Å². The van der Waals surface area contributed by atoms with Crippen LogP contribution in [0.25, 0.3) is 0 Å². The Morgan fingerprint density at radius 2 is 2.67 bits per heavy atom. The van der Waals surface area contributed by atoms with Gasteiger partial charge in [-0.25, -0.2) is 4.52 Å². The van der Waals surface area contributed by atoms with E-state index >= 15 is 0 Å². The maximum Gasteiger partial charge on any atom is 0.299 e. The van der Waals surface area contributed by atoms with Crippen molar-refractivity contribution in [1.29, 1.82) is 0 Å². The third kappa shape index (κ3) is 1.05. The molecule has 0 spiro atoms. The summed E-state index contributed by atoms with van der Waals surface area (Å²) in [6.45, 7) is 1.72. The van der Waals surface area contributed by atoms with Gasteiger partial charge in [0.05, 0.1) is 6.54 Å². The fraction of sp³-hybridized carbons (Fsp3) is 1.00. The van der Waals surface area contributed by atoms with Crippen LogP contribution in [0, 0.1) is 0 Å². The highest BCUT2D eigenvalue weighted by molar-refractivity contribution is 7.78. The van der Waals surface area contributed by atoms with E-state index in [1.165, 1.54) is 0 Å². The van der Waals surface area contributed by atoms with Crippen LogP contribution < -0.4 is 5.09 Å². The first-order chi connectivity index (χ1) is 2.89. The third-order valence-corrected chi connectivity index (χ3v) is 2.31. The Bertz CT molecular complexity index is 46.8. The van der Waals surface area contributed by atoms with Crippen LogP contribution in [0.1, 0.15) is 0 Å². The molecule has 6 heavy (non-hydrogen) atoms. The zero-order chi connectivity index (χ0) is 4.41. The topological polar surface area (TPSA) is 21.3 Å². The molecule has 1 aliphatic heterocycles. The molecule has 1 fully saturated rings. The van der Waals surface area contributed by atoms with E-state index in [1.807, 2.05) is 0 Å². The molecule has 1 aliphatic rings. The summed E-state index contributed by atoms with van der Waals surface area (Å²) >= 11 is 5.48. The summed E-state index contributed by atoms with van der Waals surface area (Å²) in [5.41, 5.74) is 0. The molecule has 0 bridgehead atoms. The normalized spacial score (nSPS) is 34.5. The first kappa shape index (κ1) is 4.79. The number of hydrogen-bond donors (Lipinski definition) is 1. The lowest BCUT2D eigenvalue weighted by Gasteiger charge is -1.79. The summed E-state index contributed by atoms with van der Waals surface area (Å²) in [6.07, 6.45) is 0. The highest BCUT2D eigenvalue weighted by Crippen LogP contribution is 2.40. The van der Waals surface area contributed by atoms with E-state index in [4.69, 9.17) is 15.8 Å². The Kier molecular flexibility index (Phi) is 1.66. The lowest BCUT2D eigenvalue weighted by atomic mass is 10.8. The molecule has 36 valence electrons. The number of nitrogens with one attached hydrogen (secondary N) is 1. The van der Waals surface area contributed by atoms with Crippen molar-refractivity contribution >= 4 is 18.9 Å². The van der Waals surface area contributed by atoms with E-state index in [2.05, 4.69) is 5.09 Å². The zero-order valence-electron chi connectivity index (χ0n) is 3.20. The maximum absolute atomic E-state index is 5.48. The number of rotatable bonds is 0. The van der Waals surface area contributed by atoms with Gasteiger partial charge in [-0.3, -0.25) is 0 Å². The van der Waals surface area contributed by atoms with Crippen LogP contribution in [0.4, 0.5) is 0 Å². The molecule has 0 aromatic heterocycles. The Morgan fingerprint density at radius 3 is 2.83 bits per heavy atom. The Morgan fingerprint density at radius 1 is 1.83 bits per heavy atom. The van der Waals surface area contributed by atoms with Gasteiger partial charge < -0.3 is 0 Å². The largest absolute Gasteiger partial charge is 0.299 e. The minimum absolute atomic E-state index is 0.789. The van der Waals surface area contributed by atoms with E-state index in [9.17, 15) is 0 Å². The quantitative estimate of drug-likeness (QED) is 0.485. The molecule has 2 nitrogen and oxygen atoms in total. The Hall–Kier alpha value is 0.640. The van der Waals surface area contributed by atoms with Gasteiger partial charge in [-0.15, -0.1) is 0 Å². The Balaban J connectivity index is 2.18. The predicted molar refractivity (Wildman–Crippen MR) is 28.1 cm³/mol. The molecule has 1 saturated heterocycles. The van der Waals surface area contributed by atoms with Gasteiger partial charge in [0.15, 0.2) is 0 Å². The van der Waals surface area contributed by atoms with E-state index in [-0.39, 0.29) is 0 Å². The molecule has 0 aliphatic carbocycles. The van der Waals surface area contributed by atoms with Crippen LogP contribution >= 0.6 is 18.9 Å². The molecule has 1 heterocycles. The van der Waals surface area contributed by atoms with Crippen LogP contribution in [0.2, 0.25) is 0 Å². The molecule has 0 aromatic rings. The summed E-state index contributed by atoms with van der Waals surface area (Å²) in [4.78, 5) is 0. The molecule has 1 N–H and O–H groups in total. The summed E-state index contributed by atoms with van der Waals surface area (Å²) in [5.74, 6) is 0. The van der Waals surface area contributed by atoms with Gasteiger partial charge in [0.2, 0.25) is 0 Å². The van der Waals surface area contributed by atoms with E-state index in [0.717, 1.165) is 13.2 Å². The molecular formula is C2H6ClNOP+. The zero-order valence-corrected chi connectivity index (χ0v) is 4.96. The van der Waals surface area contributed by atoms with Gasteiger partial charge in [-0.1, -0.05) is 0 Å². The Labute approximate surface area is 42.5 Å². The second-order valence-electron chi connectivity index (χ2n) is 1.05. The standard InChI is InChI=1S/C2H5ClNOP/c3-6-4-1-2-5-6/h4H,1-2H2/p+1. The summed E-state index contributed by atoms with van der Waals surface area (Å²) in [5, 5.41) is 2.96. The van der Waals surface area contributed by atoms with Crippen LogP contribution in [0.3, 0.4) is 0 Å². The minimum Gasteiger partial charge on any atom is -0.201 e. The second-order valence-corrected chi connectivity index (χ2v) is 3.27. The molecule has 1 unspecified atom stereocenters. The van der Waals surface area contributed by atoms with Gasteiger partial charge in [-0.05, 0) is 0 Å². The molecule has 0 radical (unpaired) electrons. The lowest BCUT2D eigenvalue weighted by molar-refractivity contribution is 0.404. The molecule has 0 aromatic carbocycles. The SMILES string of the molecule is Cl[PH+]1NCCO1. The van der Waals surface area contributed by atoms with Crippen molar-refractivity contribution in [3.05, 3.63) is 0 Å². The van der Waals surface area contributed by atoms with Crippen molar-refractivity contribution in [2.45, 2.75) is 0 Å². The average molecular weight is 127 g/mol. The van der Waals surface area contributed by atoms with Crippen molar-refractivity contribution in [1.82, 2.24) is 5.09 Å². The maximum atomic E-state index is 5.48. The van der Waals surface area contributed by atoms with Crippen LogP contribution in [-0.4, -0.2) is 13.2 Å². The van der Waals surface area contributed by atoms with Crippen molar-refractivity contribution in [2.24, 2.45) is 0 Å². The monoisotopic (exact) mass is 126 g/mol. The first-order valence-corrected chi connectivity index (χ1v) is 4.21. The molecule has 4 heteroatoms. The number of halogens is 1. The van der Waals surface area contributed by atoms with E-state index in [0.29, 0.717) is 0 Å². The highest BCUT2D eigenvalue weighted by Gasteiger charge is 2.18. The highest BCUT2D eigenvalue weighted by atomic mass is 35.7. The van der Waals surface area contributed by atoms with Crippen LogP contribution in [0.5, 0.6) is 0 Å². The molecule has 1 rings (SSSR count). The minimum atomic E-state index is -1.03. The van der Waals surface area contributed by atoms with Gasteiger partial charge in [0.25, 0.3) is 7.65 Å². The van der Waals surface area contributed by atoms with Gasteiger partial charge >= 0.3 is 0 Å². The summed E-state index contributed by atoms with van der Waals surface area (Å²) in [7, 11) is -1.03. The van der Waals surface area contributed by atoms with Crippen molar-refractivity contribution in [2.75, 3.05) is 13.2 Å².